The van der Waals surface area contributed by atoms with Crippen LogP contribution in [-0.4, -0.2) is 88.3 Å². The van der Waals surface area contributed by atoms with Crippen LogP contribution in [-0.2, 0) is 24.0 Å². The fourth-order valence-corrected chi connectivity index (χ4v) is 2.34. The highest BCUT2D eigenvalue weighted by Crippen LogP contribution is 2.02. The zero-order valence-corrected chi connectivity index (χ0v) is 15.5. The van der Waals surface area contributed by atoms with Crippen molar-refractivity contribution in [3.05, 3.63) is 0 Å². The molecule has 13 heteroatoms. The number of rotatable bonds is 13. The van der Waals surface area contributed by atoms with Crippen LogP contribution in [0.25, 0.3) is 0 Å². The van der Waals surface area contributed by atoms with Gasteiger partial charge in [-0.1, -0.05) is 0 Å². The molecular weight excluding hydrogens is 384 g/mol. The van der Waals surface area contributed by atoms with Crippen LogP contribution in [0.1, 0.15) is 12.8 Å². The predicted molar refractivity (Wildman–Crippen MR) is 94.8 cm³/mol. The minimum absolute atomic E-state index is 0.231. The maximum Gasteiger partial charge on any atom is 0.326 e. The second kappa shape index (κ2) is 12.9. The predicted octanol–water partition coefficient (Wildman–Crippen LogP) is -3.30. The van der Waals surface area contributed by atoms with Gasteiger partial charge in [0.1, 0.15) is 18.1 Å². The molecule has 0 rings (SSSR count). The first-order valence-electron chi connectivity index (χ1n) is 7.80. The molecular formula is C14H24N4O8S. The van der Waals surface area contributed by atoms with Crippen molar-refractivity contribution >= 4 is 41.4 Å². The second-order valence-electron chi connectivity index (χ2n) is 5.35. The molecule has 0 saturated carbocycles. The third-order valence-electron chi connectivity index (χ3n) is 3.26. The molecule has 0 bridgehead atoms. The number of nitrogens with two attached hydrogens (primary N) is 1. The molecule has 0 aromatic heterocycles. The molecule has 27 heavy (non-hydrogen) atoms. The van der Waals surface area contributed by atoms with Crippen LogP contribution in [0.5, 0.6) is 0 Å². The van der Waals surface area contributed by atoms with Gasteiger partial charge in [-0.3, -0.25) is 19.2 Å². The van der Waals surface area contributed by atoms with Gasteiger partial charge in [0.05, 0.1) is 19.6 Å². The van der Waals surface area contributed by atoms with E-state index in [1.165, 1.54) is 11.8 Å². The number of carbonyl (C=O) groups is 5. The molecule has 0 radical (unpaired) electrons. The highest BCUT2D eigenvalue weighted by atomic mass is 32.2. The van der Waals surface area contributed by atoms with Crippen LogP contribution in [0.3, 0.4) is 0 Å². The Morgan fingerprint density at radius 1 is 0.963 bits per heavy atom. The van der Waals surface area contributed by atoms with Gasteiger partial charge in [0, 0.05) is 0 Å². The Hall–Kier alpha value is -2.38. The van der Waals surface area contributed by atoms with E-state index in [-0.39, 0.29) is 13.0 Å². The Morgan fingerprint density at radius 3 is 1.96 bits per heavy atom. The molecule has 12 nitrogen and oxygen atoms in total. The highest BCUT2D eigenvalue weighted by molar-refractivity contribution is 7.98. The zero-order chi connectivity index (χ0) is 21.0. The number of hydrogen-bond donors (Lipinski definition) is 7. The number of nitrogens with one attached hydrogen (secondary N) is 3. The Balaban J connectivity index is 5.04. The van der Waals surface area contributed by atoms with E-state index in [0.29, 0.717) is 5.75 Å². The van der Waals surface area contributed by atoms with Crippen molar-refractivity contribution in [1.29, 1.82) is 0 Å². The van der Waals surface area contributed by atoms with E-state index in [1.807, 2.05) is 5.32 Å². The average molecular weight is 408 g/mol. The van der Waals surface area contributed by atoms with Crippen molar-refractivity contribution in [2.24, 2.45) is 5.73 Å². The van der Waals surface area contributed by atoms with E-state index in [2.05, 4.69) is 10.6 Å². The number of hydrogen-bond acceptors (Lipinski definition) is 8. The summed E-state index contributed by atoms with van der Waals surface area (Å²) in [4.78, 5) is 57.4. The Kier molecular flexibility index (Phi) is 11.8. The van der Waals surface area contributed by atoms with Crippen LogP contribution in [0.2, 0.25) is 0 Å². The van der Waals surface area contributed by atoms with Crippen LogP contribution >= 0.6 is 11.8 Å². The van der Waals surface area contributed by atoms with Crippen molar-refractivity contribution in [1.82, 2.24) is 16.0 Å². The van der Waals surface area contributed by atoms with Crippen molar-refractivity contribution in [2.45, 2.75) is 31.0 Å². The highest BCUT2D eigenvalue weighted by Gasteiger charge is 2.29. The van der Waals surface area contributed by atoms with Gasteiger partial charge >= 0.3 is 11.9 Å². The third-order valence-corrected chi connectivity index (χ3v) is 3.90. The van der Waals surface area contributed by atoms with Gasteiger partial charge in [-0.05, 0) is 18.4 Å². The first-order chi connectivity index (χ1) is 12.7. The normalized spacial score (nSPS) is 13.7. The molecule has 0 aliphatic carbocycles. The van der Waals surface area contributed by atoms with Gasteiger partial charge < -0.3 is 37.0 Å². The summed E-state index contributed by atoms with van der Waals surface area (Å²) in [6, 6.07) is -4.27. The largest absolute Gasteiger partial charge is 0.481 e. The molecule has 0 aliphatic heterocycles. The number of aliphatic carboxylic acids is 2. The molecule has 3 amide bonds. The fourth-order valence-electron chi connectivity index (χ4n) is 1.87. The summed E-state index contributed by atoms with van der Waals surface area (Å²) in [5.41, 5.74) is 5.19. The zero-order valence-electron chi connectivity index (χ0n) is 14.6. The quantitative estimate of drug-likeness (QED) is 0.161. The summed E-state index contributed by atoms with van der Waals surface area (Å²) in [5, 5.41) is 33.4. The van der Waals surface area contributed by atoms with Gasteiger partial charge in [-0.25, -0.2) is 4.79 Å². The van der Waals surface area contributed by atoms with Crippen LogP contribution in [0.4, 0.5) is 0 Å². The minimum atomic E-state index is -1.73. The lowest BCUT2D eigenvalue weighted by atomic mass is 10.1. The average Bonchev–Trinajstić information content (AvgIpc) is 2.61. The van der Waals surface area contributed by atoms with E-state index in [0.717, 1.165) is 0 Å². The summed E-state index contributed by atoms with van der Waals surface area (Å²) in [6.45, 7) is -1.21. The molecule has 0 fully saturated rings. The fraction of sp³-hybridized carbons (Fsp3) is 0.643. The lowest BCUT2D eigenvalue weighted by molar-refractivity contribution is -0.147. The van der Waals surface area contributed by atoms with Crippen molar-refractivity contribution in [2.75, 3.05) is 25.2 Å². The number of amides is 3. The minimum Gasteiger partial charge on any atom is -0.481 e. The number of aliphatic hydroxyl groups is 1. The van der Waals surface area contributed by atoms with E-state index in [9.17, 15) is 29.1 Å². The van der Waals surface area contributed by atoms with Crippen molar-refractivity contribution in [3.63, 3.8) is 0 Å². The molecule has 154 valence electrons. The maximum atomic E-state index is 12.3. The van der Waals surface area contributed by atoms with Crippen molar-refractivity contribution in [3.8, 4) is 0 Å². The van der Waals surface area contributed by atoms with Gasteiger partial charge in [0.25, 0.3) is 0 Å². The Bertz CT molecular complexity index is 559. The van der Waals surface area contributed by atoms with Gasteiger partial charge in [-0.2, -0.15) is 11.8 Å². The van der Waals surface area contributed by atoms with Gasteiger partial charge in [0.15, 0.2) is 0 Å². The van der Waals surface area contributed by atoms with Crippen LogP contribution in [0, 0.1) is 0 Å². The number of carbonyl (C=O) groups excluding carboxylic acids is 3. The molecule has 0 heterocycles. The summed E-state index contributed by atoms with van der Waals surface area (Å²) >= 11 is 1.42. The number of thioether (sulfide) groups is 1. The van der Waals surface area contributed by atoms with Crippen LogP contribution < -0.4 is 21.7 Å². The van der Waals surface area contributed by atoms with E-state index in [4.69, 9.17) is 15.9 Å². The monoisotopic (exact) mass is 408 g/mol. The second-order valence-corrected chi connectivity index (χ2v) is 6.33. The smallest absolute Gasteiger partial charge is 0.326 e. The third kappa shape index (κ3) is 9.77. The first-order valence-corrected chi connectivity index (χ1v) is 9.20. The molecule has 0 aromatic rings. The number of aliphatic hydroxyl groups excluding tert-OH is 1. The van der Waals surface area contributed by atoms with E-state index < -0.39 is 60.8 Å². The molecule has 8 N–H and O–H groups in total. The molecule has 3 unspecified atom stereocenters. The molecule has 0 saturated heterocycles. The van der Waals surface area contributed by atoms with Crippen LogP contribution in [0.15, 0.2) is 0 Å². The molecule has 0 aromatic carbocycles. The summed E-state index contributed by atoms with van der Waals surface area (Å²) < 4.78 is 0. The van der Waals surface area contributed by atoms with Gasteiger partial charge in [0.2, 0.25) is 17.7 Å². The SMILES string of the molecule is CSCCC(NC(=O)CN)C(=O)NC(CO)C(=O)NC(CC(=O)O)C(=O)O. The molecule has 3 atom stereocenters. The molecule has 0 aliphatic rings. The van der Waals surface area contributed by atoms with E-state index in [1.54, 1.807) is 6.26 Å². The maximum absolute atomic E-state index is 12.3. The summed E-state index contributed by atoms with van der Waals surface area (Å²) in [6.07, 6.45) is 1.14. The standard InChI is InChI=1S/C14H24N4O8S/c1-27-3-2-7(16-10(20)5-15)12(23)18-9(6-19)13(24)17-8(14(25)26)4-11(21)22/h7-9,19H,2-6,15H2,1H3,(H,16,20)(H,17,24)(H,18,23)(H,21,22)(H,25,26). The summed E-state index contributed by atoms with van der Waals surface area (Å²) in [5.74, 6) is -4.96. The first kappa shape index (κ1) is 24.6. The Morgan fingerprint density at radius 2 is 1.52 bits per heavy atom. The lowest BCUT2D eigenvalue weighted by Gasteiger charge is -2.23. The lowest BCUT2D eigenvalue weighted by Crippen LogP contribution is -2.57. The summed E-state index contributed by atoms with van der Waals surface area (Å²) in [7, 11) is 0. The molecule has 0 spiro atoms. The topological polar surface area (TPSA) is 208 Å². The van der Waals surface area contributed by atoms with Gasteiger partial charge in [-0.15, -0.1) is 0 Å². The number of carboxylic acid groups (broad SMARTS) is 2. The van der Waals surface area contributed by atoms with Crippen molar-refractivity contribution < 1.29 is 39.3 Å². The number of carboxylic acids is 2. The van der Waals surface area contributed by atoms with E-state index >= 15 is 0 Å². The Labute approximate surface area is 159 Å².